The number of hydrogen-bond acceptors (Lipinski definition) is 2. The smallest absolute Gasteiger partial charge is 0.0513 e. The molecule has 0 saturated carbocycles. The molecule has 3 heteroatoms. The van der Waals surface area contributed by atoms with Crippen molar-refractivity contribution in [2.75, 3.05) is 11.4 Å². The molecule has 1 aromatic rings. The Bertz CT molecular complexity index is 361. The molecular formula is C14H23BrN2. The summed E-state index contributed by atoms with van der Waals surface area (Å²) in [5, 5.41) is 0. The van der Waals surface area contributed by atoms with E-state index in [4.69, 9.17) is 5.73 Å². The highest BCUT2D eigenvalue weighted by atomic mass is 79.9. The van der Waals surface area contributed by atoms with Gasteiger partial charge in [-0.15, -0.1) is 0 Å². The van der Waals surface area contributed by atoms with Crippen LogP contribution in [-0.4, -0.2) is 12.6 Å². The molecule has 0 aliphatic heterocycles. The molecule has 0 fully saturated rings. The van der Waals surface area contributed by atoms with Crippen LogP contribution in [0.15, 0.2) is 22.7 Å². The Kier molecular flexibility index (Phi) is 5.47. The highest BCUT2D eigenvalue weighted by Gasteiger charge is 2.13. The van der Waals surface area contributed by atoms with Crippen LogP contribution in [-0.2, 0) is 0 Å². The topological polar surface area (TPSA) is 29.3 Å². The molecular weight excluding hydrogens is 276 g/mol. The lowest BCUT2D eigenvalue weighted by Crippen LogP contribution is -2.31. The average molecular weight is 299 g/mol. The number of rotatable bonds is 5. The molecule has 1 atom stereocenters. The zero-order valence-electron chi connectivity index (χ0n) is 11.2. The van der Waals surface area contributed by atoms with E-state index in [1.165, 1.54) is 11.3 Å². The monoisotopic (exact) mass is 298 g/mol. The van der Waals surface area contributed by atoms with Gasteiger partial charge in [0, 0.05) is 23.1 Å². The molecule has 0 aliphatic rings. The first-order valence-electron chi connectivity index (χ1n) is 6.29. The zero-order chi connectivity index (χ0) is 13.0. The largest absolute Gasteiger partial charge is 0.368 e. The van der Waals surface area contributed by atoms with E-state index < -0.39 is 0 Å². The van der Waals surface area contributed by atoms with Crippen LogP contribution >= 0.6 is 15.9 Å². The zero-order valence-corrected chi connectivity index (χ0v) is 12.8. The third-order valence-corrected chi connectivity index (χ3v) is 3.53. The van der Waals surface area contributed by atoms with Gasteiger partial charge in [-0.25, -0.2) is 0 Å². The van der Waals surface area contributed by atoms with Crippen LogP contribution in [0.5, 0.6) is 0 Å². The molecule has 1 rings (SSSR count). The number of anilines is 1. The van der Waals surface area contributed by atoms with Gasteiger partial charge in [-0.05, 0) is 60.8 Å². The lowest BCUT2D eigenvalue weighted by Gasteiger charge is -2.30. The Hall–Kier alpha value is -0.540. The molecule has 1 unspecified atom stereocenters. The lowest BCUT2D eigenvalue weighted by molar-refractivity contribution is 0.669. The van der Waals surface area contributed by atoms with Crippen molar-refractivity contribution in [1.29, 1.82) is 0 Å². The number of halogens is 1. The van der Waals surface area contributed by atoms with Crippen LogP contribution in [0.4, 0.5) is 5.69 Å². The third kappa shape index (κ3) is 3.71. The van der Waals surface area contributed by atoms with Gasteiger partial charge in [-0.2, -0.15) is 0 Å². The summed E-state index contributed by atoms with van der Waals surface area (Å²) < 4.78 is 1.13. The Morgan fingerprint density at radius 2 is 1.94 bits per heavy atom. The first-order valence-corrected chi connectivity index (χ1v) is 7.08. The number of benzene rings is 1. The van der Waals surface area contributed by atoms with Crippen LogP contribution in [0.25, 0.3) is 0 Å². The fraction of sp³-hybridized carbons (Fsp3) is 0.571. The molecule has 0 amide bonds. The van der Waals surface area contributed by atoms with Gasteiger partial charge >= 0.3 is 0 Å². The highest BCUT2D eigenvalue weighted by Crippen LogP contribution is 2.30. The third-order valence-electron chi connectivity index (χ3n) is 2.89. The van der Waals surface area contributed by atoms with E-state index in [0.717, 1.165) is 17.4 Å². The number of nitrogens with two attached hydrogens (primary N) is 1. The second-order valence-corrected chi connectivity index (χ2v) is 5.64. The van der Waals surface area contributed by atoms with Crippen molar-refractivity contribution in [3.05, 3.63) is 28.2 Å². The Balaban J connectivity index is 3.04. The molecule has 0 aliphatic carbocycles. The molecule has 17 heavy (non-hydrogen) atoms. The minimum absolute atomic E-state index is 0.0824. The molecule has 0 saturated heterocycles. The molecule has 96 valence electrons. The number of nitrogens with zero attached hydrogens (tertiary/aromatic N) is 1. The molecule has 0 spiro atoms. The van der Waals surface area contributed by atoms with Crippen molar-refractivity contribution in [3.8, 4) is 0 Å². The summed E-state index contributed by atoms with van der Waals surface area (Å²) in [4.78, 5) is 2.41. The minimum Gasteiger partial charge on any atom is -0.368 e. The summed E-state index contributed by atoms with van der Waals surface area (Å²) in [5.41, 5.74) is 8.32. The number of hydrogen-bond donors (Lipinski definition) is 1. The van der Waals surface area contributed by atoms with Crippen molar-refractivity contribution in [1.82, 2.24) is 0 Å². The van der Waals surface area contributed by atoms with Crippen LogP contribution in [0.1, 0.15) is 45.7 Å². The molecule has 0 radical (unpaired) electrons. The van der Waals surface area contributed by atoms with E-state index in [-0.39, 0.29) is 6.04 Å². The van der Waals surface area contributed by atoms with Crippen LogP contribution in [0, 0.1) is 0 Å². The van der Waals surface area contributed by atoms with Crippen LogP contribution < -0.4 is 10.6 Å². The second kappa shape index (κ2) is 6.41. The predicted molar refractivity (Wildman–Crippen MR) is 79.5 cm³/mol. The van der Waals surface area contributed by atoms with E-state index in [0.29, 0.717) is 6.04 Å². The summed E-state index contributed by atoms with van der Waals surface area (Å²) in [5.74, 6) is 0. The van der Waals surface area contributed by atoms with Gasteiger partial charge in [-0.1, -0.05) is 13.0 Å². The SMILES string of the molecule is CCCN(c1ccc(C(C)N)cc1Br)C(C)C. The van der Waals surface area contributed by atoms with Gasteiger partial charge in [0.25, 0.3) is 0 Å². The fourth-order valence-corrected chi connectivity index (χ4v) is 2.56. The van der Waals surface area contributed by atoms with Crippen LogP contribution in [0.2, 0.25) is 0 Å². The van der Waals surface area contributed by atoms with E-state index in [9.17, 15) is 0 Å². The van der Waals surface area contributed by atoms with Crippen molar-refractivity contribution >= 4 is 21.6 Å². The van der Waals surface area contributed by atoms with Gasteiger partial charge in [-0.3, -0.25) is 0 Å². The minimum atomic E-state index is 0.0824. The van der Waals surface area contributed by atoms with E-state index in [1.54, 1.807) is 0 Å². The molecule has 0 aromatic heterocycles. The standard InChI is InChI=1S/C14H23BrN2/c1-5-8-17(10(2)3)14-7-6-12(11(4)16)9-13(14)15/h6-7,9-11H,5,8,16H2,1-4H3. The van der Waals surface area contributed by atoms with Crippen molar-refractivity contribution in [2.45, 2.75) is 46.2 Å². The van der Waals surface area contributed by atoms with Crippen molar-refractivity contribution < 1.29 is 0 Å². The lowest BCUT2D eigenvalue weighted by atomic mass is 10.1. The molecule has 0 bridgehead atoms. The first-order chi connectivity index (χ1) is 7.97. The van der Waals surface area contributed by atoms with Gasteiger partial charge in [0.05, 0.1) is 5.69 Å². The van der Waals surface area contributed by atoms with E-state index >= 15 is 0 Å². The fourth-order valence-electron chi connectivity index (χ4n) is 1.94. The maximum Gasteiger partial charge on any atom is 0.0513 e. The molecule has 1 aromatic carbocycles. The molecule has 2 nitrogen and oxygen atoms in total. The quantitative estimate of drug-likeness (QED) is 0.887. The van der Waals surface area contributed by atoms with Gasteiger partial charge in [0.15, 0.2) is 0 Å². The first kappa shape index (κ1) is 14.5. The second-order valence-electron chi connectivity index (χ2n) is 4.79. The average Bonchev–Trinajstić information content (AvgIpc) is 2.26. The highest BCUT2D eigenvalue weighted by molar-refractivity contribution is 9.10. The molecule has 2 N–H and O–H groups in total. The van der Waals surface area contributed by atoms with E-state index in [2.05, 4.69) is 59.8 Å². The van der Waals surface area contributed by atoms with Crippen LogP contribution in [0.3, 0.4) is 0 Å². The summed E-state index contributed by atoms with van der Waals surface area (Å²) in [6.07, 6.45) is 1.15. The van der Waals surface area contributed by atoms with Crippen molar-refractivity contribution in [3.63, 3.8) is 0 Å². The van der Waals surface area contributed by atoms with Gasteiger partial charge < -0.3 is 10.6 Å². The van der Waals surface area contributed by atoms with Gasteiger partial charge in [0.2, 0.25) is 0 Å². The van der Waals surface area contributed by atoms with E-state index in [1.807, 2.05) is 6.92 Å². The Morgan fingerprint density at radius 1 is 1.29 bits per heavy atom. The summed E-state index contributed by atoms with van der Waals surface area (Å²) >= 11 is 3.66. The molecule has 0 heterocycles. The normalized spacial score (nSPS) is 12.9. The summed E-state index contributed by atoms with van der Waals surface area (Å²) in [6, 6.07) is 7.01. The summed E-state index contributed by atoms with van der Waals surface area (Å²) in [7, 11) is 0. The maximum absolute atomic E-state index is 5.89. The van der Waals surface area contributed by atoms with Gasteiger partial charge in [0.1, 0.15) is 0 Å². The Morgan fingerprint density at radius 3 is 2.35 bits per heavy atom. The summed E-state index contributed by atoms with van der Waals surface area (Å²) in [6.45, 7) is 9.74. The maximum atomic E-state index is 5.89. The van der Waals surface area contributed by atoms with Crippen molar-refractivity contribution in [2.24, 2.45) is 5.73 Å². The Labute approximate surface area is 113 Å². The predicted octanol–water partition coefficient (Wildman–Crippen LogP) is 4.09.